The van der Waals surface area contributed by atoms with Gasteiger partial charge in [0, 0.05) is 6.42 Å². The number of carbonyl (C=O) groups excluding carboxylic acids is 1. The van der Waals surface area contributed by atoms with E-state index in [2.05, 4.69) is 11.7 Å². The minimum atomic E-state index is -0.693. The number of hydrogen-bond acceptors (Lipinski definition) is 3. The normalized spacial score (nSPS) is 11.0. The summed E-state index contributed by atoms with van der Waals surface area (Å²) in [7, 11) is 1.43. The summed E-state index contributed by atoms with van der Waals surface area (Å²) in [5.41, 5.74) is 0. The number of rotatable bonds is 6. The second-order valence-corrected chi connectivity index (χ2v) is 3.71. The van der Waals surface area contributed by atoms with Crippen molar-refractivity contribution in [1.29, 1.82) is 0 Å². The molecular formula is C12H24O4. The average molecular weight is 232 g/mol. The molecule has 4 nitrogen and oxygen atoms in total. The van der Waals surface area contributed by atoms with E-state index in [1.807, 2.05) is 13.8 Å². The van der Waals surface area contributed by atoms with Crippen molar-refractivity contribution in [2.75, 3.05) is 7.11 Å². The molecule has 0 aromatic heterocycles. The standard InChI is InChI=1S/C7H14O2.C5H10O2/c1-4-5-6(2)7(8)9-3;1-2-3-4-5(6)7/h6H,4-5H2,1-3H3;2-4H2,1H3,(H,6,7). The second-order valence-electron chi connectivity index (χ2n) is 3.71. The lowest BCUT2D eigenvalue weighted by Crippen LogP contribution is -2.11. The maximum absolute atomic E-state index is 10.7. The van der Waals surface area contributed by atoms with Crippen molar-refractivity contribution in [3.05, 3.63) is 0 Å². The topological polar surface area (TPSA) is 63.6 Å². The third kappa shape index (κ3) is 12.9. The van der Waals surface area contributed by atoms with Gasteiger partial charge < -0.3 is 9.84 Å². The van der Waals surface area contributed by atoms with Crippen molar-refractivity contribution >= 4 is 11.9 Å². The molecule has 0 saturated carbocycles. The van der Waals surface area contributed by atoms with E-state index >= 15 is 0 Å². The van der Waals surface area contributed by atoms with E-state index in [1.54, 1.807) is 0 Å². The van der Waals surface area contributed by atoms with Gasteiger partial charge >= 0.3 is 11.9 Å². The maximum atomic E-state index is 10.7. The first-order valence-corrected chi connectivity index (χ1v) is 5.79. The number of ether oxygens (including phenoxy) is 1. The minimum Gasteiger partial charge on any atom is -0.481 e. The Labute approximate surface area is 98.0 Å². The molecule has 0 fully saturated rings. The molecule has 4 heteroatoms. The van der Waals surface area contributed by atoms with Gasteiger partial charge in [0.1, 0.15) is 0 Å². The van der Waals surface area contributed by atoms with Crippen LogP contribution < -0.4 is 0 Å². The molecular weight excluding hydrogens is 208 g/mol. The number of hydrogen-bond donors (Lipinski definition) is 1. The quantitative estimate of drug-likeness (QED) is 0.715. The number of unbranched alkanes of at least 4 members (excludes halogenated alkanes) is 1. The fourth-order valence-corrected chi connectivity index (χ4v) is 1.08. The summed E-state index contributed by atoms with van der Waals surface area (Å²) in [5, 5.41) is 8.04. The fourth-order valence-electron chi connectivity index (χ4n) is 1.08. The molecule has 0 heterocycles. The Hall–Kier alpha value is -1.06. The highest BCUT2D eigenvalue weighted by molar-refractivity contribution is 5.71. The highest BCUT2D eigenvalue weighted by atomic mass is 16.5. The lowest BCUT2D eigenvalue weighted by molar-refractivity contribution is -0.145. The van der Waals surface area contributed by atoms with Gasteiger partial charge in [-0.05, 0) is 12.8 Å². The van der Waals surface area contributed by atoms with E-state index < -0.39 is 5.97 Å². The molecule has 96 valence electrons. The molecule has 1 N–H and O–H groups in total. The Morgan fingerprint density at radius 3 is 2.06 bits per heavy atom. The predicted octanol–water partition coefficient (Wildman–Crippen LogP) is 2.86. The van der Waals surface area contributed by atoms with Gasteiger partial charge in [0.25, 0.3) is 0 Å². The number of carboxylic acid groups (broad SMARTS) is 1. The summed E-state index contributed by atoms with van der Waals surface area (Å²) in [6, 6.07) is 0. The average Bonchev–Trinajstić information content (AvgIpc) is 2.26. The second kappa shape index (κ2) is 12.0. The van der Waals surface area contributed by atoms with Crippen molar-refractivity contribution in [1.82, 2.24) is 0 Å². The lowest BCUT2D eigenvalue weighted by Gasteiger charge is -2.05. The third-order valence-corrected chi connectivity index (χ3v) is 2.07. The van der Waals surface area contributed by atoms with E-state index in [0.29, 0.717) is 6.42 Å². The summed E-state index contributed by atoms with van der Waals surface area (Å²) < 4.78 is 4.53. The number of carbonyl (C=O) groups is 2. The zero-order valence-corrected chi connectivity index (χ0v) is 10.8. The highest BCUT2D eigenvalue weighted by Crippen LogP contribution is 2.05. The lowest BCUT2D eigenvalue weighted by atomic mass is 10.1. The van der Waals surface area contributed by atoms with Crippen molar-refractivity contribution in [2.45, 2.75) is 52.9 Å². The van der Waals surface area contributed by atoms with Crippen LogP contribution in [0.4, 0.5) is 0 Å². The number of methoxy groups -OCH3 is 1. The minimum absolute atomic E-state index is 0.0694. The first kappa shape index (κ1) is 17.3. The van der Waals surface area contributed by atoms with Crippen LogP contribution in [0.5, 0.6) is 0 Å². The van der Waals surface area contributed by atoms with Crippen LogP contribution in [-0.2, 0) is 14.3 Å². The summed E-state index contributed by atoms with van der Waals surface area (Å²) in [6.45, 7) is 5.91. The van der Waals surface area contributed by atoms with Gasteiger partial charge in [-0.2, -0.15) is 0 Å². The SMILES string of the molecule is CCCC(C)C(=O)OC.CCCCC(=O)O. The van der Waals surface area contributed by atoms with Gasteiger partial charge in [-0.15, -0.1) is 0 Å². The van der Waals surface area contributed by atoms with Crippen LogP contribution in [0.2, 0.25) is 0 Å². The van der Waals surface area contributed by atoms with Crippen molar-refractivity contribution in [2.24, 2.45) is 5.92 Å². The van der Waals surface area contributed by atoms with Crippen LogP contribution in [-0.4, -0.2) is 24.2 Å². The maximum Gasteiger partial charge on any atom is 0.308 e. The molecule has 16 heavy (non-hydrogen) atoms. The highest BCUT2D eigenvalue weighted by Gasteiger charge is 2.10. The van der Waals surface area contributed by atoms with Crippen molar-refractivity contribution < 1.29 is 19.4 Å². The molecule has 1 unspecified atom stereocenters. The smallest absolute Gasteiger partial charge is 0.308 e. The van der Waals surface area contributed by atoms with E-state index in [1.165, 1.54) is 7.11 Å². The monoisotopic (exact) mass is 232 g/mol. The van der Waals surface area contributed by atoms with Crippen molar-refractivity contribution in [3.8, 4) is 0 Å². The van der Waals surface area contributed by atoms with Gasteiger partial charge in [-0.1, -0.05) is 33.6 Å². The molecule has 0 aromatic rings. The summed E-state index contributed by atoms with van der Waals surface area (Å²) in [4.78, 5) is 20.4. The Morgan fingerprint density at radius 2 is 1.81 bits per heavy atom. The van der Waals surface area contributed by atoms with E-state index in [-0.39, 0.29) is 11.9 Å². The van der Waals surface area contributed by atoms with Crippen LogP contribution in [0.15, 0.2) is 0 Å². The fraction of sp³-hybridized carbons (Fsp3) is 0.833. The molecule has 0 aliphatic rings. The van der Waals surface area contributed by atoms with Crippen LogP contribution in [0.3, 0.4) is 0 Å². The Morgan fingerprint density at radius 1 is 1.25 bits per heavy atom. The number of aliphatic carboxylic acids is 1. The number of carboxylic acids is 1. The van der Waals surface area contributed by atoms with Gasteiger partial charge in [0.15, 0.2) is 0 Å². The summed E-state index contributed by atoms with van der Waals surface area (Å²) in [5.74, 6) is -0.723. The molecule has 0 amide bonds. The predicted molar refractivity (Wildman–Crippen MR) is 63.2 cm³/mol. The summed E-state index contributed by atoms with van der Waals surface area (Å²) in [6.07, 6.45) is 4.04. The van der Waals surface area contributed by atoms with Crippen LogP contribution >= 0.6 is 0 Å². The Balaban J connectivity index is 0. The first-order valence-electron chi connectivity index (χ1n) is 5.79. The van der Waals surface area contributed by atoms with E-state index in [4.69, 9.17) is 5.11 Å². The van der Waals surface area contributed by atoms with E-state index in [0.717, 1.165) is 25.7 Å². The van der Waals surface area contributed by atoms with Crippen LogP contribution in [0, 0.1) is 5.92 Å². The molecule has 0 saturated heterocycles. The molecule has 0 spiro atoms. The van der Waals surface area contributed by atoms with Gasteiger partial charge in [-0.3, -0.25) is 9.59 Å². The number of esters is 1. The first-order chi connectivity index (χ1) is 7.49. The molecule has 0 aliphatic carbocycles. The molecule has 0 radical (unpaired) electrons. The third-order valence-electron chi connectivity index (χ3n) is 2.07. The van der Waals surface area contributed by atoms with Gasteiger partial charge in [0.05, 0.1) is 13.0 Å². The van der Waals surface area contributed by atoms with Crippen LogP contribution in [0.1, 0.15) is 52.9 Å². The molecule has 0 rings (SSSR count). The van der Waals surface area contributed by atoms with Crippen LogP contribution in [0.25, 0.3) is 0 Å². The molecule has 1 atom stereocenters. The molecule has 0 aliphatic heterocycles. The Kier molecular flexibility index (Phi) is 13.0. The molecule has 0 bridgehead atoms. The Bertz CT molecular complexity index is 189. The van der Waals surface area contributed by atoms with Gasteiger partial charge in [-0.25, -0.2) is 0 Å². The zero-order chi connectivity index (χ0) is 13.0. The largest absolute Gasteiger partial charge is 0.481 e. The zero-order valence-electron chi connectivity index (χ0n) is 10.8. The van der Waals surface area contributed by atoms with E-state index in [9.17, 15) is 9.59 Å². The van der Waals surface area contributed by atoms with Crippen molar-refractivity contribution in [3.63, 3.8) is 0 Å². The summed E-state index contributed by atoms with van der Waals surface area (Å²) >= 11 is 0. The van der Waals surface area contributed by atoms with Gasteiger partial charge in [0.2, 0.25) is 0 Å². The molecule has 0 aromatic carbocycles.